The molecule has 3 amide bonds. The smallest absolute Gasteiger partial charge is 0.338 e. The van der Waals surface area contributed by atoms with E-state index in [0.717, 1.165) is 14.7 Å². The van der Waals surface area contributed by atoms with Gasteiger partial charge in [0.2, 0.25) is 0 Å². The summed E-state index contributed by atoms with van der Waals surface area (Å²) in [6, 6.07) is 15.2. The summed E-state index contributed by atoms with van der Waals surface area (Å²) < 4.78 is 36.2. The molecular weight excluding hydrogens is 686 g/mol. The summed E-state index contributed by atoms with van der Waals surface area (Å²) in [6.45, 7) is 3.37. The lowest BCUT2D eigenvalue weighted by Gasteiger charge is -2.28. The Morgan fingerprint density at radius 2 is 1.86 bits per heavy atom. The number of rotatable bonds is 12. The van der Waals surface area contributed by atoms with Crippen molar-refractivity contribution >= 4 is 46.7 Å². The Morgan fingerprint density at radius 1 is 1.07 bits per heavy atom. The molecule has 1 aliphatic heterocycles. The van der Waals surface area contributed by atoms with Crippen LogP contribution < -0.4 is 30.3 Å². The van der Waals surface area contributed by atoms with Crippen molar-refractivity contribution < 1.29 is 37.7 Å². The molecule has 0 bridgehead atoms. The van der Waals surface area contributed by atoms with Crippen molar-refractivity contribution in [2.24, 2.45) is 5.10 Å². The van der Waals surface area contributed by atoms with Gasteiger partial charge in [-0.1, -0.05) is 18.2 Å². The highest BCUT2D eigenvalue weighted by Crippen LogP contribution is 2.34. The molecule has 3 aromatic rings. The molecule has 11 nitrogen and oxygen atoms in total. The molecule has 0 unspecified atom stereocenters. The van der Waals surface area contributed by atoms with Crippen LogP contribution in [0.25, 0.3) is 0 Å². The molecule has 1 aliphatic rings. The molecule has 1 heterocycles. The first-order valence-electron chi connectivity index (χ1n) is 13.4. The summed E-state index contributed by atoms with van der Waals surface area (Å²) >= 11 is 2.12. The van der Waals surface area contributed by atoms with E-state index in [9.17, 15) is 18.8 Å². The summed E-state index contributed by atoms with van der Waals surface area (Å²) in [4.78, 5) is 37.1. The van der Waals surface area contributed by atoms with Crippen LogP contribution in [0.2, 0.25) is 0 Å². The molecule has 0 radical (unpaired) electrons. The van der Waals surface area contributed by atoms with Crippen LogP contribution in [0.5, 0.6) is 17.2 Å². The molecule has 3 aromatic carbocycles. The van der Waals surface area contributed by atoms with Crippen molar-refractivity contribution in [1.29, 1.82) is 0 Å². The van der Waals surface area contributed by atoms with E-state index in [1.165, 1.54) is 25.5 Å². The topological polar surface area (TPSA) is 137 Å². The minimum absolute atomic E-state index is 0.179. The quantitative estimate of drug-likeness (QED) is 0.107. The first-order valence-corrected chi connectivity index (χ1v) is 14.5. The maximum absolute atomic E-state index is 13.4. The highest BCUT2D eigenvalue weighted by molar-refractivity contribution is 14.1. The number of hydrogen-bond donors (Lipinski definition) is 3. The van der Waals surface area contributed by atoms with Gasteiger partial charge in [0.25, 0.3) is 5.91 Å². The summed E-state index contributed by atoms with van der Waals surface area (Å²) in [5, 5.41) is 9.30. The fourth-order valence-electron chi connectivity index (χ4n) is 4.26. The van der Waals surface area contributed by atoms with Crippen molar-refractivity contribution in [3.05, 3.63) is 98.0 Å². The van der Waals surface area contributed by atoms with Crippen molar-refractivity contribution in [2.45, 2.75) is 26.5 Å². The lowest BCUT2D eigenvalue weighted by Crippen LogP contribution is -2.45. The summed E-state index contributed by atoms with van der Waals surface area (Å²) in [5.74, 6) is -0.182. The molecule has 1 atom stereocenters. The molecule has 44 heavy (non-hydrogen) atoms. The Morgan fingerprint density at radius 3 is 2.59 bits per heavy atom. The van der Waals surface area contributed by atoms with Crippen LogP contribution in [0, 0.1) is 9.39 Å². The Bertz CT molecular complexity index is 1610. The van der Waals surface area contributed by atoms with Gasteiger partial charge < -0.3 is 29.6 Å². The number of hydrogen-bond acceptors (Lipinski definition) is 8. The number of amides is 3. The van der Waals surface area contributed by atoms with E-state index < -0.39 is 23.9 Å². The fourth-order valence-corrected chi connectivity index (χ4v) is 4.96. The van der Waals surface area contributed by atoms with Gasteiger partial charge in [0, 0.05) is 5.70 Å². The van der Waals surface area contributed by atoms with Crippen molar-refractivity contribution in [2.75, 3.05) is 20.3 Å². The number of esters is 1. The number of nitrogens with zero attached hydrogens (tertiary/aromatic N) is 1. The molecule has 0 saturated heterocycles. The number of benzene rings is 3. The maximum Gasteiger partial charge on any atom is 0.338 e. The maximum atomic E-state index is 13.4. The van der Waals surface area contributed by atoms with Gasteiger partial charge in [-0.15, -0.1) is 0 Å². The van der Waals surface area contributed by atoms with Crippen molar-refractivity contribution in [3.63, 3.8) is 0 Å². The molecule has 3 N–H and O–H groups in total. The average Bonchev–Trinajstić information content (AvgIpc) is 2.99. The molecular formula is C31H30FIN4O7. The number of ether oxygens (including phenoxy) is 4. The summed E-state index contributed by atoms with van der Waals surface area (Å²) in [6.07, 6.45) is 1.48. The zero-order valence-electron chi connectivity index (χ0n) is 24.1. The Hall–Kier alpha value is -4.66. The van der Waals surface area contributed by atoms with Crippen LogP contribution >= 0.6 is 22.6 Å². The first kappa shape index (κ1) is 32.3. The van der Waals surface area contributed by atoms with Gasteiger partial charge in [0.05, 0.1) is 35.1 Å². The Kier molecular flexibility index (Phi) is 11.1. The normalized spacial score (nSPS) is 14.5. The van der Waals surface area contributed by atoms with Crippen molar-refractivity contribution in [1.82, 2.24) is 16.1 Å². The lowest BCUT2D eigenvalue weighted by atomic mass is 9.95. The summed E-state index contributed by atoms with van der Waals surface area (Å²) in [5.41, 5.74) is 5.06. The highest BCUT2D eigenvalue weighted by Gasteiger charge is 2.32. The zero-order chi connectivity index (χ0) is 31.6. The SMILES string of the molecule is CCOC(=O)C1=C(C)NC(=O)N[C@H]1c1ccc(OCC(=O)N/N=C\c2ccc(OCc3cccc(F)c3)c(I)c2)c(OC)c1. The number of carbonyl (C=O) groups is 3. The number of methoxy groups -OCH3 is 1. The Labute approximate surface area is 266 Å². The van der Waals surface area contributed by atoms with Gasteiger partial charge in [0.15, 0.2) is 18.1 Å². The molecule has 0 saturated carbocycles. The van der Waals surface area contributed by atoms with E-state index in [1.54, 1.807) is 56.3 Å². The largest absolute Gasteiger partial charge is 0.493 e. The number of halogens is 2. The monoisotopic (exact) mass is 716 g/mol. The molecule has 0 aromatic heterocycles. The predicted octanol–water partition coefficient (Wildman–Crippen LogP) is 4.74. The van der Waals surface area contributed by atoms with E-state index in [1.807, 2.05) is 6.07 Å². The first-order chi connectivity index (χ1) is 21.2. The third-order valence-corrected chi connectivity index (χ3v) is 7.13. The molecule has 0 aliphatic carbocycles. The third kappa shape index (κ3) is 8.46. The minimum atomic E-state index is -0.777. The van der Waals surface area contributed by atoms with E-state index in [4.69, 9.17) is 18.9 Å². The zero-order valence-corrected chi connectivity index (χ0v) is 26.3. The predicted molar refractivity (Wildman–Crippen MR) is 168 cm³/mol. The lowest BCUT2D eigenvalue weighted by molar-refractivity contribution is -0.139. The van der Waals surface area contributed by atoms with Gasteiger partial charge in [-0.2, -0.15) is 5.10 Å². The third-order valence-electron chi connectivity index (χ3n) is 6.29. The molecule has 13 heteroatoms. The summed E-state index contributed by atoms with van der Waals surface area (Å²) in [7, 11) is 1.43. The second kappa shape index (κ2) is 15.2. The van der Waals surface area contributed by atoms with E-state index in [-0.39, 0.29) is 37.0 Å². The van der Waals surface area contributed by atoms with E-state index in [0.29, 0.717) is 22.8 Å². The van der Waals surface area contributed by atoms with Gasteiger partial charge in [-0.3, -0.25) is 4.79 Å². The van der Waals surface area contributed by atoms with Crippen LogP contribution in [0.4, 0.5) is 9.18 Å². The molecule has 230 valence electrons. The Balaban J connectivity index is 1.33. The van der Waals surface area contributed by atoms with E-state index >= 15 is 0 Å². The van der Waals surface area contributed by atoms with Crippen molar-refractivity contribution in [3.8, 4) is 17.2 Å². The number of nitrogens with one attached hydrogen (secondary N) is 3. The number of hydrazone groups is 1. The van der Waals surface area contributed by atoms with Crippen LogP contribution in [0.15, 0.2) is 77.0 Å². The molecule has 0 spiro atoms. The van der Waals surface area contributed by atoms with E-state index in [2.05, 4.69) is 43.8 Å². The van der Waals surface area contributed by atoms with Gasteiger partial charge in [-0.05, 0) is 95.6 Å². The number of urea groups is 1. The van der Waals surface area contributed by atoms with Gasteiger partial charge in [0.1, 0.15) is 18.2 Å². The second-order valence-electron chi connectivity index (χ2n) is 9.39. The standard InChI is InChI=1S/C31H30FIN4O7/c1-4-42-30(39)28-18(2)35-31(40)36-29(28)21-9-11-25(26(14-21)41-3)44-17-27(38)37-34-15-19-8-10-24(23(33)13-19)43-16-20-6-5-7-22(32)12-20/h5-15,29H,4,16-17H2,1-3H3,(H,37,38)(H2,35,36,40)/b34-15-/t29-/m0/s1. The van der Waals surface area contributed by atoms with Crippen LogP contribution in [0.1, 0.15) is 36.6 Å². The minimum Gasteiger partial charge on any atom is -0.493 e. The van der Waals surface area contributed by atoms with Gasteiger partial charge >= 0.3 is 12.0 Å². The second-order valence-corrected chi connectivity index (χ2v) is 10.6. The molecule has 4 rings (SSSR count). The fraction of sp³-hybridized carbons (Fsp3) is 0.226. The van der Waals surface area contributed by atoms with Crippen LogP contribution in [0.3, 0.4) is 0 Å². The van der Waals surface area contributed by atoms with Crippen LogP contribution in [-0.2, 0) is 20.9 Å². The number of carbonyl (C=O) groups excluding carboxylic acids is 3. The van der Waals surface area contributed by atoms with Crippen LogP contribution in [-0.4, -0.2) is 44.4 Å². The number of allylic oxidation sites excluding steroid dienone is 1. The average molecular weight is 717 g/mol. The highest BCUT2D eigenvalue weighted by atomic mass is 127. The molecule has 0 fully saturated rings. The van der Waals surface area contributed by atoms with Gasteiger partial charge in [-0.25, -0.2) is 19.4 Å².